The Bertz CT molecular complexity index is 723. The third kappa shape index (κ3) is 4.55. The zero-order valence-corrected chi connectivity index (χ0v) is 17.6. The number of methoxy groups -OCH3 is 1. The Hall–Kier alpha value is -0.760. The average Bonchev–Trinajstić information content (AvgIpc) is 3.17. The van der Waals surface area contributed by atoms with Crippen molar-refractivity contribution in [2.75, 3.05) is 38.2 Å². The smallest absolute Gasteiger partial charge is 0.244 e. The molecule has 146 valence electrons. The van der Waals surface area contributed by atoms with E-state index in [1.807, 2.05) is 25.6 Å². The van der Waals surface area contributed by atoms with Crippen molar-refractivity contribution in [2.24, 2.45) is 5.92 Å². The van der Waals surface area contributed by atoms with E-state index < -0.39 is 10.0 Å². The van der Waals surface area contributed by atoms with Crippen molar-refractivity contribution in [1.82, 2.24) is 9.62 Å². The van der Waals surface area contributed by atoms with Gasteiger partial charge in [-0.1, -0.05) is 0 Å². The van der Waals surface area contributed by atoms with Crippen LogP contribution < -0.4 is 9.46 Å². The number of hydrogen-bond donors (Lipinski definition) is 1. The van der Waals surface area contributed by atoms with Gasteiger partial charge in [-0.3, -0.25) is 4.90 Å². The van der Waals surface area contributed by atoms with E-state index in [0.29, 0.717) is 18.2 Å². The highest BCUT2D eigenvalue weighted by Crippen LogP contribution is 2.29. The first-order valence-corrected chi connectivity index (χ1v) is 12.0. The number of nitrogens with one attached hydrogen (secondary N) is 1. The van der Waals surface area contributed by atoms with Gasteiger partial charge in [-0.05, 0) is 81.1 Å². The molecule has 2 aliphatic heterocycles. The fraction of sp³-hybridized carbons (Fsp3) is 0.684. The molecule has 1 unspecified atom stereocenters. The van der Waals surface area contributed by atoms with E-state index in [0.717, 1.165) is 43.1 Å². The minimum Gasteiger partial charge on any atom is -0.495 e. The number of sulfonamides is 1. The van der Waals surface area contributed by atoms with Crippen LogP contribution in [0.4, 0.5) is 0 Å². The van der Waals surface area contributed by atoms with Gasteiger partial charge >= 0.3 is 0 Å². The maximum Gasteiger partial charge on any atom is 0.244 e. The first-order chi connectivity index (χ1) is 12.4. The Morgan fingerprint density at radius 1 is 1.19 bits per heavy atom. The summed E-state index contributed by atoms with van der Waals surface area (Å²) in [5.74, 6) is 3.35. The van der Waals surface area contributed by atoms with E-state index in [-0.39, 0.29) is 4.90 Å². The van der Waals surface area contributed by atoms with Crippen LogP contribution in [0.3, 0.4) is 0 Å². The number of benzene rings is 1. The van der Waals surface area contributed by atoms with Crippen LogP contribution in [0.5, 0.6) is 5.75 Å². The molecule has 1 N–H and O–H groups in total. The third-order valence-electron chi connectivity index (χ3n) is 5.70. The predicted octanol–water partition coefficient (Wildman–Crippen LogP) is 2.81. The van der Waals surface area contributed by atoms with Gasteiger partial charge in [-0.2, -0.15) is 11.8 Å². The fourth-order valence-corrected chi connectivity index (χ4v) is 6.37. The van der Waals surface area contributed by atoms with E-state index in [1.165, 1.54) is 25.0 Å². The zero-order chi connectivity index (χ0) is 18.7. The molecule has 5 nitrogen and oxygen atoms in total. The Kier molecular flexibility index (Phi) is 6.54. The summed E-state index contributed by atoms with van der Waals surface area (Å²) in [6, 6.07) is 4.23. The van der Waals surface area contributed by atoms with Gasteiger partial charge in [0.15, 0.2) is 0 Å². The number of likely N-dealkylation sites (tertiary alicyclic amines) is 1. The zero-order valence-electron chi connectivity index (χ0n) is 16.0. The van der Waals surface area contributed by atoms with Gasteiger partial charge in [-0.15, -0.1) is 0 Å². The molecule has 0 aromatic heterocycles. The molecular formula is C19H30N2O3S2. The molecule has 0 bridgehead atoms. The summed E-state index contributed by atoms with van der Waals surface area (Å²) >= 11 is 2.05. The molecule has 1 aromatic rings. The van der Waals surface area contributed by atoms with Gasteiger partial charge in [-0.25, -0.2) is 13.1 Å². The van der Waals surface area contributed by atoms with E-state index in [4.69, 9.17) is 4.74 Å². The molecule has 0 amide bonds. The van der Waals surface area contributed by atoms with Crippen LogP contribution in [0.1, 0.15) is 30.4 Å². The SMILES string of the molecule is COc1cc(C)c(C)cc1S(=O)(=O)NCC1CCN(C2CCSC2)CC1. The Morgan fingerprint density at radius 2 is 1.88 bits per heavy atom. The van der Waals surface area contributed by atoms with Gasteiger partial charge < -0.3 is 4.74 Å². The first kappa shape index (κ1) is 20.0. The van der Waals surface area contributed by atoms with E-state index in [9.17, 15) is 8.42 Å². The first-order valence-electron chi connectivity index (χ1n) is 9.37. The van der Waals surface area contributed by atoms with Crippen molar-refractivity contribution in [3.63, 3.8) is 0 Å². The van der Waals surface area contributed by atoms with Crippen molar-refractivity contribution in [2.45, 2.75) is 44.0 Å². The highest BCUT2D eigenvalue weighted by Gasteiger charge is 2.28. The molecule has 3 rings (SSSR count). The van der Waals surface area contributed by atoms with Crippen molar-refractivity contribution in [3.05, 3.63) is 23.3 Å². The third-order valence-corrected chi connectivity index (χ3v) is 8.29. The Balaban J connectivity index is 1.58. The molecule has 7 heteroatoms. The van der Waals surface area contributed by atoms with E-state index >= 15 is 0 Å². The monoisotopic (exact) mass is 398 g/mol. The summed E-state index contributed by atoms with van der Waals surface area (Å²) in [4.78, 5) is 2.83. The lowest BCUT2D eigenvalue weighted by Crippen LogP contribution is -2.43. The molecular weight excluding hydrogens is 368 g/mol. The Labute approximate surface area is 161 Å². The summed E-state index contributed by atoms with van der Waals surface area (Å²) in [5.41, 5.74) is 1.98. The fourth-order valence-electron chi connectivity index (χ4n) is 3.77. The predicted molar refractivity (Wildman–Crippen MR) is 108 cm³/mol. The lowest BCUT2D eigenvalue weighted by Gasteiger charge is -2.35. The summed E-state index contributed by atoms with van der Waals surface area (Å²) < 4.78 is 33.7. The molecule has 0 aliphatic carbocycles. The minimum atomic E-state index is -3.56. The maximum absolute atomic E-state index is 12.8. The van der Waals surface area contributed by atoms with E-state index in [2.05, 4.69) is 9.62 Å². The number of ether oxygens (including phenoxy) is 1. The summed E-state index contributed by atoms with van der Waals surface area (Å²) in [7, 11) is -2.05. The topological polar surface area (TPSA) is 58.6 Å². The van der Waals surface area contributed by atoms with Crippen molar-refractivity contribution < 1.29 is 13.2 Å². The molecule has 2 saturated heterocycles. The van der Waals surface area contributed by atoms with Crippen LogP contribution in [-0.4, -0.2) is 57.6 Å². The molecule has 2 fully saturated rings. The highest BCUT2D eigenvalue weighted by molar-refractivity contribution is 7.99. The van der Waals surface area contributed by atoms with Crippen molar-refractivity contribution >= 4 is 21.8 Å². The normalized spacial score (nSPS) is 22.7. The summed E-state index contributed by atoms with van der Waals surface area (Å²) in [6.07, 6.45) is 3.43. The second kappa shape index (κ2) is 8.50. The molecule has 2 aliphatic rings. The summed E-state index contributed by atoms with van der Waals surface area (Å²) in [6.45, 7) is 6.56. The van der Waals surface area contributed by atoms with Gasteiger partial charge in [0.2, 0.25) is 10.0 Å². The minimum absolute atomic E-state index is 0.239. The number of thioether (sulfide) groups is 1. The van der Waals surface area contributed by atoms with Crippen LogP contribution >= 0.6 is 11.8 Å². The highest BCUT2D eigenvalue weighted by atomic mass is 32.2. The molecule has 0 spiro atoms. The molecule has 1 aromatic carbocycles. The largest absolute Gasteiger partial charge is 0.495 e. The van der Waals surface area contributed by atoms with Crippen LogP contribution in [0.2, 0.25) is 0 Å². The average molecular weight is 399 g/mol. The standard InChI is InChI=1S/C19H30N2O3S2/c1-14-10-18(24-3)19(11-15(14)2)26(22,23)20-12-16-4-7-21(8-5-16)17-6-9-25-13-17/h10-11,16-17,20H,4-9,12-13H2,1-3H3. The molecule has 2 heterocycles. The van der Waals surface area contributed by atoms with Crippen LogP contribution in [0.25, 0.3) is 0 Å². The second-order valence-electron chi connectivity index (χ2n) is 7.44. The molecule has 0 saturated carbocycles. The van der Waals surface area contributed by atoms with Gasteiger partial charge in [0.1, 0.15) is 10.6 Å². The van der Waals surface area contributed by atoms with Gasteiger partial charge in [0.05, 0.1) is 7.11 Å². The van der Waals surface area contributed by atoms with Gasteiger partial charge in [0.25, 0.3) is 0 Å². The van der Waals surface area contributed by atoms with Crippen LogP contribution in [-0.2, 0) is 10.0 Å². The number of rotatable bonds is 6. The Morgan fingerprint density at radius 3 is 2.50 bits per heavy atom. The van der Waals surface area contributed by atoms with Crippen LogP contribution in [0, 0.1) is 19.8 Å². The quantitative estimate of drug-likeness (QED) is 0.798. The van der Waals surface area contributed by atoms with Crippen molar-refractivity contribution in [1.29, 1.82) is 0 Å². The number of piperidine rings is 1. The second-order valence-corrected chi connectivity index (χ2v) is 10.3. The number of aryl methyl sites for hydroxylation is 2. The van der Waals surface area contributed by atoms with Gasteiger partial charge in [0, 0.05) is 18.3 Å². The lowest BCUT2D eigenvalue weighted by atomic mass is 9.96. The maximum atomic E-state index is 12.8. The number of nitrogens with zero attached hydrogens (tertiary/aromatic N) is 1. The molecule has 26 heavy (non-hydrogen) atoms. The summed E-state index contributed by atoms with van der Waals surface area (Å²) in [5, 5.41) is 0. The van der Waals surface area contributed by atoms with E-state index in [1.54, 1.807) is 12.1 Å². The molecule has 0 radical (unpaired) electrons. The van der Waals surface area contributed by atoms with Crippen molar-refractivity contribution in [3.8, 4) is 5.75 Å². The number of hydrogen-bond acceptors (Lipinski definition) is 5. The lowest BCUT2D eigenvalue weighted by molar-refractivity contribution is 0.145. The molecule has 1 atom stereocenters. The van der Waals surface area contributed by atoms with Crippen LogP contribution in [0.15, 0.2) is 17.0 Å².